The van der Waals surface area contributed by atoms with E-state index >= 15 is 0 Å². The maximum absolute atomic E-state index is 12.1. The van der Waals surface area contributed by atoms with Gasteiger partial charge in [-0.3, -0.25) is 4.79 Å². The Morgan fingerprint density at radius 3 is 2.45 bits per heavy atom. The number of benzene rings is 2. The SMILES string of the molecule is Cc1c(Cl)cccc1C(=O)NCc1ccc(CO)cc1. The summed E-state index contributed by atoms with van der Waals surface area (Å²) in [7, 11) is 0. The van der Waals surface area contributed by atoms with Gasteiger partial charge >= 0.3 is 0 Å². The van der Waals surface area contributed by atoms with Gasteiger partial charge in [-0.15, -0.1) is 0 Å². The van der Waals surface area contributed by atoms with Crippen molar-refractivity contribution in [1.29, 1.82) is 0 Å². The molecule has 2 rings (SSSR count). The van der Waals surface area contributed by atoms with Gasteiger partial charge in [0.15, 0.2) is 0 Å². The molecule has 0 heterocycles. The highest BCUT2D eigenvalue weighted by molar-refractivity contribution is 6.31. The van der Waals surface area contributed by atoms with Gasteiger partial charge in [0.05, 0.1) is 6.61 Å². The number of nitrogens with one attached hydrogen (secondary N) is 1. The Labute approximate surface area is 123 Å². The van der Waals surface area contributed by atoms with Gasteiger partial charge in [-0.25, -0.2) is 0 Å². The Morgan fingerprint density at radius 1 is 1.15 bits per heavy atom. The molecule has 3 nitrogen and oxygen atoms in total. The van der Waals surface area contributed by atoms with Crippen LogP contribution in [0.5, 0.6) is 0 Å². The summed E-state index contributed by atoms with van der Waals surface area (Å²) in [5.41, 5.74) is 3.20. The monoisotopic (exact) mass is 289 g/mol. The number of rotatable bonds is 4. The molecular formula is C16H16ClNO2. The second-order valence-electron chi connectivity index (χ2n) is 4.57. The summed E-state index contributed by atoms with van der Waals surface area (Å²) < 4.78 is 0. The molecule has 4 heteroatoms. The largest absolute Gasteiger partial charge is 0.392 e. The van der Waals surface area contributed by atoms with E-state index in [1.54, 1.807) is 18.2 Å². The Kier molecular flexibility index (Phi) is 4.77. The average molecular weight is 290 g/mol. The first-order valence-electron chi connectivity index (χ1n) is 6.34. The van der Waals surface area contributed by atoms with Crippen molar-refractivity contribution in [2.45, 2.75) is 20.1 Å². The van der Waals surface area contributed by atoms with E-state index in [-0.39, 0.29) is 12.5 Å². The zero-order valence-electron chi connectivity index (χ0n) is 11.2. The summed E-state index contributed by atoms with van der Waals surface area (Å²) in [6.45, 7) is 2.29. The molecule has 20 heavy (non-hydrogen) atoms. The van der Waals surface area contributed by atoms with Crippen LogP contribution in [0.25, 0.3) is 0 Å². The average Bonchev–Trinajstić information content (AvgIpc) is 2.48. The Bertz CT molecular complexity index is 608. The molecule has 1 amide bonds. The first kappa shape index (κ1) is 14.6. The minimum Gasteiger partial charge on any atom is -0.392 e. The zero-order chi connectivity index (χ0) is 14.5. The molecule has 0 saturated carbocycles. The van der Waals surface area contributed by atoms with Crippen LogP contribution in [0.3, 0.4) is 0 Å². The third-order valence-corrected chi connectivity index (χ3v) is 3.58. The number of halogens is 1. The van der Waals surface area contributed by atoms with Crippen LogP contribution in [-0.2, 0) is 13.2 Å². The lowest BCUT2D eigenvalue weighted by atomic mass is 10.1. The van der Waals surface area contributed by atoms with Crippen molar-refractivity contribution in [3.8, 4) is 0 Å². The van der Waals surface area contributed by atoms with Gasteiger partial charge in [0.2, 0.25) is 0 Å². The maximum Gasteiger partial charge on any atom is 0.251 e. The first-order valence-corrected chi connectivity index (χ1v) is 6.71. The molecule has 104 valence electrons. The second kappa shape index (κ2) is 6.55. The maximum atomic E-state index is 12.1. The number of aliphatic hydroxyl groups excluding tert-OH is 1. The fraction of sp³-hybridized carbons (Fsp3) is 0.188. The van der Waals surface area contributed by atoms with Crippen LogP contribution in [0.2, 0.25) is 5.02 Å². The molecule has 0 radical (unpaired) electrons. The number of hydrogen-bond acceptors (Lipinski definition) is 2. The fourth-order valence-corrected chi connectivity index (χ4v) is 2.07. The summed E-state index contributed by atoms with van der Waals surface area (Å²) in [6.07, 6.45) is 0. The van der Waals surface area contributed by atoms with Crippen LogP contribution in [0.4, 0.5) is 0 Å². The van der Waals surface area contributed by atoms with Gasteiger partial charge in [0, 0.05) is 17.1 Å². The molecule has 2 aromatic carbocycles. The lowest BCUT2D eigenvalue weighted by Gasteiger charge is -2.09. The zero-order valence-corrected chi connectivity index (χ0v) is 11.9. The number of amides is 1. The predicted molar refractivity (Wildman–Crippen MR) is 79.7 cm³/mol. The highest BCUT2D eigenvalue weighted by Crippen LogP contribution is 2.18. The van der Waals surface area contributed by atoms with Crippen molar-refractivity contribution < 1.29 is 9.90 Å². The van der Waals surface area contributed by atoms with Crippen LogP contribution >= 0.6 is 11.6 Å². The van der Waals surface area contributed by atoms with E-state index in [4.69, 9.17) is 16.7 Å². The van der Waals surface area contributed by atoms with E-state index in [9.17, 15) is 4.79 Å². The van der Waals surface area contributed by atoms with Gasteiger partial charge in [0.1, 0.15) is 0 Å². The molecule has 2 N–H and O–H groups in total. The number of aliphatic hydroxyl groups is 1. The number of carbonyl (C=O) groups excluding carboxylic acids is 1. The highest BCUT2D eigenvalue weighted by Gasteiger charge is 2.10. The molecule has 0 bridgehead atoms. The van der Waals surface area contributed by atoms with Crippen LogP contribution in [0.15, 0.2) is 42.5 Å². The standard InChI is InChI=1S/C16H16ClNO2/c1-11-14(3-2-4-15(11)17)16(20)18-9-12-5-7-13(10-19)8-6-12/h2-8,19H,9-10H2,1H3,(H,18,20). The van der Waals surface area contributed by atoms with Crippen molar-refractivity contribution in [2.75, 3.05) is 0 Å². The molecule has 0 unspecified atom stereocenters. The summed E-state index contributed by atoms with van der Waals surface area (Å²) in [5, 5.41) is 12.4. The van der Waals surface area contributed by atoms with E-state index in [0.717, 1.165) is 16.7 Å². The summed E-state index contributed by atoms with van der Waals surface area (Å²) >= 11 is 6.00. The van der Waals surface area contributed by atoms with Crippen molar-refractivity contribution in [3.05, 3.63) is 69.7 Å². The highest BCUT2D eigenvalue weighted by atomic mass is 35.5. The molecule has 0 aromatic heterocycles. The van der Waals surface area contributed by atoms with Gasteiger partial charge in [-0.05, 0) is 35.7 Å². The van der Waals surface area contributed by atoms with E-state index in [0.29, 0.717) is 17.1 Å². The number of hydrogen-bond donors (Lipinski definition) is 2. The smallest absolute Gasteiger partial charge is 0.251 e. The Morgan fingerprint density at radius 2 is 1.80 bits per heavy atom. The Balaban J connectivity index is 2.02. The van der Waals surface area contributed by atoms with Crippen LogP contribution < -0.4 is 5.32 Å². The minimum absolute atomic E-state index is 0.0222. The molecular weight excluding hydrogens is 274 g/mol. The third-order valence-electron chi connectivity index (χ3n) is 3.17. The van der Waals surface area contributed by atoms with Crippen molar-refractivity contribution in [3.63, 3.8) is 0 Å². The third kappa shape index (κ3) is 3.38. The molecule has 0 saturated heterocycles. The molecule has 0 aliphatic heterocycles. The van der Waals surface area contributed by atoms with Gasteiger partial charge in [0.25, 0.3) is 5.91 Å². The molecule has 0 aliphatic carbocycles. The molecule has 0 fully saturated rings. The predicted octanol–water partition coefficient (Wildman–Crippen LogP) is 3.07. The lowest BCUT2D eigenvalue weighted by Crippen LogP contribution is -2.23. The fourth-order valence-electron chi connectivity index (χ4n) is 1.89. The second-order valence-corrected chi connectivity index (χ2v) is 4.98. The summed E-state index contributed by atoms with van der Waals surface area (Å²) in [4.78, 5) is 12.1. The first-order chi connectivity index (χ1) is 9.61. The van der Waals surface area contributed by atoms with E-state index in [1.165, 1.54) is 0 Å². The molecule has 0 atom stereocenters. The van der Waals surface area contributed by atoms with E-state index in [2.05, 4.69) is 5.32 Å². The topological polar surface area (TPSA) is 49.3 Å². The van der Waals surface area contributed by atoms with Crippen molar-refractivity contribution in [2.24, 2.45) is 0 Å². The van der Waals surface area contributed by atoms with Crippen molar-refractivity contribution >= 4 is 17.5 Å². The van der Waals surface area contributed by atoms with Crippen LogP contribution in [0.1, 0.15) is 27.0 Å². The lowest BCUT2D eigenvalue weighted by molar-refractivity contribution is 0.0950. The summed E-state index contributed by atoms with van der Waals surface area (Å²) in [5.74, 6) is -0.142. The van der Waals surface area contributed by atoms with Gasteiger partial charge in [-0.2, -0.15) is 0 Å². The van der Waals surface area contributed by atoms with Gasteiger partial charge < -0.3 is 10.4 Å². The van der Waals surface area contributed by atoms with Crippen molar-refractivity contribution in [1.82, 2.24) is 5.32 Å². The van der Waals surface area contributed by atoms with E-state index in [1.807, 2.05) is 31.2 Å². The molecule has 0 aliphatic rings. The molecule has 0 spiro atoms. The Hall–Kier alpha value is -1.84. The minimum atomic E-state index is -0.142. The molecule has 2 aromatic rings. The normalized spacial score (nSPS) is 10.3. The number of carbonyl (C=O) groups is 1. The van der Waals surface area contributed by atoms with Crippen LogP contribution in [-0.4, -0.2) is 11.0 Å². The quantitative estimate of drug-likeness (QED) is 0.909. The summed E-state index contributed by atoms with van der Waals surface area (Å²) in [6, 6.07) is 12.7. The van der Waals surface area contributed by atoms with Crippen LogP contribution in [0, 0.1) is 6.92 Å². The van der Waals surface area contributed by atoms with E-state index < -0.39 is 0 Å². The van der Waals surface area contributed by atoms with Gasteiger partial charge in [-0.1, -0.05) is 41.9 Å².